The van der Waals surface area contributed by atoms with Crippen molar-refractivity contribution >= 4 is 17.4 Å². The van der Waals surface area contributed by atoms with Crippen molar-refractivity contribution in [2.75, 3.05) is 13.7 Å². The van der Waals surface area contributed by atoms with Crippen molar-refractivity contribution in [2.24, 2.45) is 0 Å². The summed E-state index contributed by atoms with van der Waals surface area (Å²) >= 11 is 5.72. The molecule has 0 aliphatic heterocycles. The van der Waals surface area contributed by atoms with E-state index in [4.69, 9.17) is 21.1 Å². The molecule has 0 fully saturated rings. The van der Waals surface area contributed by atoms with Crippen molar-refractivity contribution in [3.63, 3.8) is 0 Å². The number of carbonyl (C=O) groups excluding carboxylic acids is 1. The van der Waals surface area contributed by atoms with E-state index in [1.54, 1.807) is 25.3 Å². The van der Waals surface area contributed by atoms with Crippen LogP contribution >= 0.6 is 11.6 Å². The van der Waals surface area contributed by atoms with Crippen LogP contribution in [0.5, 0.6) is 11.5 Å². The molecule has 0 amide bonds. The third kappa shape index (κ3) is 3.70. The first-order chi connectivity index (χ1) is 10.2. The minimum absolute atomic E-state index is 0.0328. The maximum atomic E-state index is 12.5. The molecule has 0 unspecified atom stereocenters. The Kier molecular flexibility index (Phi) is 5.11. The molecule has 110 valence electrons. The molecule has 2 rings (SSSR count). The molecule has 6 heteroatoms. The molecule has 0 saturated heterocycles. The molecule has 0 aliphatic carbocycles. The second kappa shape index (κ2) is 7.04. The molecule has 2 aromatic rings. The molecule has 1 heterocycles. The molecule has 1 aromatic heterocycles. The fraction of sp³-hybridized carbons (Fsp3) is 0.267. The Morgan fingerprint density at radius 3 is 2.81 bits per heavy atom. The van der Waals surface area contributed by atoms with E-state index in [0.29, 0.717) is 23.7 Å². The third-order valence-electron chi connectivity index (χ3n) is 2.75. The van der Waals surface area contributed by atoms with E-state index in [1.165, 1.54) is 12.3 Å². The third-order valence-corrected chi connectivity index (χ3v) is 2.94. The first kappa shape index (κ1) is 15.3. The van der Waals surface area contributed by atoms with Gasteiger partial charge in [0.25, 0.3) is 0 Å². The van der Waals surface area contributed by atoms with Gasteiger partial charge in [0.1, 0.15) is 17.2 Å². The summed E-state index contributed by atoms with van der Waals surface area (Å²) < 4.78 is 10.8. The number of methoxy groups -OCH3 is 1. The van der Waals surface area contributed by atoms with Gasteiger partial charge < -0.3 is 9.47 Å². The van der Waals surface area contributed by atoms with Crippen LogP contribution in [0, 0.1) is 0 Å². The van der Waals surface area contributed by atoms with Gasteiger partial charge in [-0.1, -0.05) is 6.92 Å². The molecular weight excluding hydrogens is 292 g/mol. The molecule has 0 saturated carbocycles. The zero-order valence-electron chi connectivity index (χ0n) is 11.8. The van der Waals surface area contributed by atoms with Crippen LogP contribution in [-0.4, -0.2) is 29.5 Å². The largest absolute Gasteiger partial charge is 0.497 e. The average Bonchev–Trinajstić information content (AvgIpc) is 2.52. The maximum absolute atomic E-state index is 12.5. The first-order valence-corrected chi connectivity index (χ1v) is 6.87. The van der Waals surface area contributed by atoms with Crippen molar-refractivity contribution in [1.82, 2.24) is 9.97 Å². The van der Waals surface area contributed by atoms with Gasteiger partial charge in [-0.3, -0.25) is 4.79 Å². The molecule has 0 spiro atoms. The van der Waals surface area contributed by atoms with Crippen molar-refractivity contribution in [2.45, 2.75) is 13.3 Å². The smallest absolute Gasteiger partial charge is 0.222 e. The number of rotatable bonds is 6. The molecule has 0 bridgehead atoms. The van der Waals surface area contributed by atoms with Gasteiger partial charge in [0, 0.05) is 12.3 Å². The van der Waals surface area contributed by atoms with Gasteiger partial charge in [-0.15, -0.1) is 0 Å². The molecule has 21 heavy (non-hydrogen) atoms. The summed E-state index contributed by atoms with van der Waals surface area (Å²) in [5, 5.41) is 0.0328. The Bertz CT molecular complexity index is 647. The van der Waals surface area contributed by atoms with Crippen molar-refractivity contribution in [3.05, 3.63) is 47.0 Å². The van der Waals surface area contributed by atoms with Crippen molar-refractivity contribution in [3.8, 4) is 11.5 Å². The minimum Gasteiger partial charge on any atom is -0.497 e. The van der Waals surface area contributed by atoms with E-state index in [9.17, 15) is 4.79 Å². The number of hydrogen-bond donors (Lipinski definition) is 0. The van der Waals surface area contributed by atoms with Crippen LogP contribution in [0.2, 0.25) is 5.28 Å². The van der Waals surface area contributed by atoms with E-state index in [1.807, 2.05) is 6.92 Å². The fourth-order valence-electron chi connectivity index (χ4n) is 1.75. The Hall–Kier alpha value is -2.14. The SMILES string of the molecule is CCCOc1cc(OC)ccc1C(=O)c1ccnc(Cl)n1. The predicted octanol–water partition coefficient (Wildman–Crippen LogP) is 3.16. The summed E-state index contributed by atoms with van der Waals surface area (Å²) in [5.74, 6) is 0.822. The minimum atomic E-state index is -0.270. The van der Waals surface area contributed by atoms with Crippen LogP contribution in [0.25, 0.3) is 0 Å². The molecule has 0 N–H and O–H groups in total. The highest BCUT2D eigenvalue weighted by Crippen LogP contribution is 2.27. The van der Waals surface area contributed by atoms with Crippen LogP contribution in [0.4, 0.5) is 0 Å². The summed E-state index contributed by atoms with van der Waals surface area (Å²) in [5.41, 5.74) is 0.639. The van der Waals surface area contributed by atoms with Gasteiger partial charge >= 0.3 is 0 Å². The zero-order valence-corrected chi connectivity index (χ0v) is 12.6. The number of ether oxygens (including phenoxy) is 2. The quantitative estimate of drug-likeness (QED) is 0.606. The Labute approximate surface area is 127 Å². The van der Waals surface area contributed by atoms with Gasteiger partial charge in [0.05, 0.1) is 19.3 Å². The molecule has 5 nitrogen and oxygen atoms in total. The summed E-state index contributed by atoms with van der Waals surface area (Å²) in [4.78, 5) is 20.2. The van der Waals surface area contributed by atoms with Gasteiger partial charge in [0.15, 0.2) is 0 Å². The van der Waals surface area contributed by atoms with E-state index in [0.717, 1.165) is 6.42 Å². The Balaban J connectivity index is 2.39. The maximum Gasteiger partial charge on any atom is 0.222 e. The normalized spacial score (nSPS) is 10.2. The summed E-state index contributed by atoms with van der Waals surface area (Å²) in [6.07, 6.45) is 2.28. The molecule has 0 radical (unpaired) electrons. The van der Waals surface area contributed by atoms with E-state index in [-0.39, 0.29) is 16.8 Å². The van der Waals surface area contributed by atoms with Crippen LogP contribution in [-0.2, 0) is 0 Å². The molecule has 0 aliphatic rings. The van der Waals surface area contributed by atoms with E-state index < -0.39 is 0 Å². The lowest BCUT2D eigenvalue weighted by molar-refractivity contribution is 0.103. The number of halogens is 1. The number of nitrogens with zero attached hydrogens (tertiary/aromatic N) is 2. The first-order valence-electron chi connectivity index (χ1n) is 6.49. The van der Waals surface area contributed by atoms with Crippen LogP contribution in [0.3, 0.4) is 0 Å². The highest BCUT2D eigenvalue weighted by Gasteiger charge is 2.17. The molecule has 1 aromatic carbocycles. The predicted molar refractivity (Wildman–Crippen MR) is 79.3 cm³/mol. The zero-order chi connectivity index (χ0) is 15.2. The lowest BCUT2D eigenvalue weighted by Gasteiger charge is -2.11. The van der Waals surface area contributed by atoms with Gasteiger partial charge in [-0.25, -0.2) is 9.97 Å². The highest BCUT2D eigenvalue weighted by molar-refractivity contribution is 6.28. The van der Waals surface area contributed by atoms with Crippen LogP contribution < -0.4 is 9.47 Å². The van der Waals surface area contributed by atoms with Gasteiger partial charge in [0.2, 0.25) is 11.1 Å². The Morgan fingerprint density at radius 2 is 2.14 bits per heavy atom. The standard InChI is InChI=1S/C15H15ClN2O3/c1-3-8-21-13-9-10(20-2)4-5-11(13)14(19)12-6-7-17-15(16)18-12/h4-7,9H,3,8H2,1-2H3. The number of aromatic nitrogens is 2. The van der Waals surface area contributed by atoms with Crippen LogP contribution in [0.1, 0.15) is 29.4 Å². The van der Waals surface area contributed by atoms with Crippen LogP contribution in [0.15, 0.2) is 30.5 Å². The number of hydrogen-bond acceptors (Lipinski definition) is 5. The van der Waals surface area contributed by atoms with Gasteiger partial charge in [-0.2, -0.15) is 0 Å². The van der Waals surface area contributed by atoms with Crippen molar-refractivity contribution in [1.29, 1.82) is 0 Å². The van der Waals surface area contributed by atoms with Crippen molar-refractivity contribution < 1.29 is 14.3 Å². The van der Waals surface area contributed by atoms with Gasteiger partial charge in [-0.05, 0) is 36.2 Å². The van der Waals surface area contributed by atoms with E-state index in [2.05, 4.69) is 9.97 Å². The molecule has 0 atom stereocenters. The average molecular weight is 307 g/mol. The monoisotopic (exact) mass is 306 g/mol. The second-order valence-electron chi connectivity index (χ2n) is 4.25. The topological polar surface area (TPSA) is 61.3 Å². The van der Waals surface area contributed by atoms with E-state index >= 15 is 0 Å². The molecular formula is C15H15ClN2O3. The lowest BCUT2D eigenvalue weighted by atomic mass is 10.1. The number of ketones is 1. The Morgan fingerprint density at radius 1 is 1.33 bits per heavy atom. The number of carbonyl (C=O) groups is 1. The summed E-state index contributed by atoms with van der Waals surface area (Å²) in [6.45, 7) is 2.50. The summed E-state index contributed by atoms with van der Waals surface area (Å²) in [6, 6.07) is 6.56. The summed E-state index contributed by atoms with van der Waals surface area (Å²) in [7, 11) is 1.56. The second-order valence-corrected chi connectivity index (χ2v) is 4.59. The lowest BCUT2D eigenvalue weighted by Crippen LogP contribution is -2.08. The number of benzene rings is 1. The fourth-order valence-corrected chi connectivity index (χ4v) is 1.90. The highest BCUT2D eigenvalue weighted by atomic mass is 35.5.